The molecule has 0 heterocycles. The average molecular weight is 327 g/mol. The predicted octanol–water partition coefficient (Wildman–Crippen LogP) is 2.69. The number of ketones is 1. The summed E-state index contributed by atoms with van der Waals surface area (Å²) in [5.74, 6) is -1.02. The zero-order valence-electron chi connectivity index (χ0n) is 13.4. The molecule has 0 bridgehead atoms. The first-order chi connectivity index (χ1) is 11.5. The number of rotatable bonds is 6. The van der Waals surface area contributed by atoms with Crippen LogP contribution in [0.3, 0.4) is 0 Å². The molecule has 6 heteroatoms. The summed E-state index contributed by atoms with van der Waals surface area (Å²) in [4.78, 5) is 35.0. The lowest BCUT2D eigenvalue weighted by molar-refractivity contribution is -0.131. The van der Waals surface area contributed by atoms with Crippen molar-refractivity contribution in [2.45, 2.75) is 6.92 Å². The van der Waals surface area contributed by atoms with E-state index in [0.29, 0.717) is 22.6 Å². The molecule has 0 aliphatic rings. The van der Waals surface area contributed by atoms with E-state index in [-0.39, 0.29) is 12.4 Å². The van der Waals surface area contributed by atoms with Crippen LogP contribution in [0.15, 0.2) is 48.5 Å². The quantitative estimate of drug-likeness (QED) is 0.499. The van der Waals surface area contributed by atoms with E-state index in [1.54, 1.807) is 31.3 Å². The number of benzene rings is 2. The Hall–Kier alpha value is -3.15. The van der Waals surface area contributed by atoms with Gasteiger partial charge >= 0.3 is 11.9 Å². The van der Waals surface area contributed by atoms with Crippen LogP contribution in [0.5, 0.6) is 5.75 Å². The van der Waals surface area contributed by atoms with Crippen LogP contribution in [0, 0.1) is 0 Å². The summed E-state index contributed by atoms with van der Waals surface area (Å²) < 4.78 is 9.96. The van der Waals surface area contributed by atoms with Gasteiger partial charge in [0.1, 0.15) is 5.75 Å². The van der Waals surface area contributed by atoms with Crippen LogP contribution in [0.25, 0.3) is 0 Å². The molecule has 0 unspecified atom stereocenters. The van der Waals surface area contributed by atoms with E-state index >= 15 is 0 Å². The van der Waals surface area contributed by atoms with Crippen LogP contribution in [-0.2, 0) is 9.53 Å². The number of esters is 2. The Balaban J connectivity index is 1.97. The second-order valence-corrected chi connectivity index (χ2v) is 4.91. The lowest BCUT2D eigenvalue weighted by atomic mass is 10.1. The van der Waals surface area contributed by atoms with Gasteiger partial charge in [-0.15, -0.1) is 0 Å². The molecule has 1 N–H and O–H groups in total. The number of anilines is 1. The first-order valence-electron chi connectivity index (χ1n) is 7.27. The molecular weight excluding hydrogens is 310 g/mol. The maximum Gasteiger partial charge on any atom is 0.340 e. The fourth-order valence-corrected chi connectivity index (χ4v) is 2.05. The summed E-state index contributed by atoms with van der Waals surface area (Å²) in [6, 6.07) is 12.9. The van der Waals surface area contributed by atoms with E-state index in [0.717, 1.165) is 0 Å². The molecule has 24 heavy (non-hydrogen) atoms. The molecule has 0 aromatic heterocycles. The molecule has 0 amide bonds. The van der Waals surface area contributed by atoms with Crippen molar-refractivity contribution in [2.75, 3.05) is 19.0 Å². The molecule has 0 fully saturated rings. The van der Waals surface area contributed by atoms with Gasteiger partial charge in [0, 0.05) is 25.2 Å². The van der Waals surface area contributed by atoms with Crippen molar-refractivity contribution in [1.82, 2.24) is 0 Å². The summed E-state index contributed by atoms with van der Waals surface area (Å²) in [6.45, 7) is 0.922. The Morgan fingerprint density at radius 2 is 1.67 bits per heavy atom. The van der Waals surface area contributed by atoms with E-state index in [1.165, 1.54) is 31.2 Å². The minimum atomic E-state index is -0.579. The number of para-hydroxylation sites is 1. The summed E-state index contributed by atoms with van der Waals surface area (Å²) in [5.41, 5.74) is 1.35. The fourth-order valence-electron chi connectivity index (χ4n) is 2.05. The van der Waals surface area contributed by atoms with E-state index in [2.05, 4.69) is 5.32 Å². The molecule has 0 saturated carbocycles. The Kier molecular flexibility index (Phi) is 5.68. The van der Waals surface area contributed by atoms with Crippen molar-refractivity contribution >= 4 is 23.4 Å². The predicted molar refractivity (Wildman–Crippen MR) is 88.4 cm³/mol. The normalized spacial score (nSPS) is 9.92. The zero-order valence-corrected chi connectivity index (χ0v) is 13.4. The number of carbonyl (C=O) groups excluding carboxylic acids is 3. The van der Waals surface area contributed by atoms with Crippen molar-refractivity contribution in [3.8, 4) is 5.75 Å². The highest BCUT2D eigenvalue weighted by Crippen LogP contribution is 2.16. The van der Waals surface area contributed by atoms with Crippen molar-refractivity contribution < 1.29 is 23.9 Å². The van der Waals surface area contributed by atoms with Crippen LogP contribution in [0.1, 0.15) is 27.6 Å². The Labute approximate surface area is 139 Å². The number of Topliss-reactive ketones (excluding diaryl/α,β-unsaturated/α-hetero) is 1. The van der Waals surface area contributed by atoms with E-state index in [4.69, 9.17) is 9.47 Å². The smallest absolute Gasteiger partial charge is 0.340 e. The van der Waals surface area contributed by atoms with E-state index in [1.807, 2.05) is 0 Å². The molecule has 124 valence electrons. The van der Waals surface area contributed by atoms with Crippen molar-refractivity contribution in [3.63, 3.8) is 0 Å². The lowest BCUT2D eigenvalue weighted by Gasteiger charge is -2.09. The number of hydrogen-bond acceptors (Lipinski definition) is 6. The third-order valence-corrected chi connectivity index (χ3v) is 3.19. The molecule has 0 saturated heterocycles. The number of hydrogen-bond donors (Lipinski definition) is 1. The van der Waals surface area contributed by atoms with Gasteiger partial charge in [-0.2, -0.15) is 0 Å². The highest BCUT2D eigenvalue weighted by molar-refractivity contribution is 6.00. The van der Waals surface area contributed by atoms with E-state index in [9.17, 15) is 14.4 Å². The van der Waals surface area contributed by atoms with Crippen molar-refractivity contribution in [1.29, 1.82) is 0 Å². The molecule has 0 aliphatic heterocycles. The molecule has 2 aromatic rings. The molecule has 0 radical (unpaired) electrons. The van der Waals surface area contributed by atoms with Crippen LogP contribution in [-0.4, -0.2) is 31.4 Å². The first kappa shape index (κ1) is 17.2. The zero-order chi connectivity index (χ0) is 17.5. The van der Waals surface area contributed by atoms with Crippen LogP contribution >= 0.6 is 0 Å². The Morgan fingerprint density at radius 3 is 2.29 bits per heavy atom. The molecule has 6 nitrogen and oxygen atoms in total. The molecule has 0 aliphatic carbocycles. The molecule has 2 aromatic carbocycles. The van der Waals surface area contributed by atoms with Gasteiger partial charge in [-0.25, -0.2) is 4.79 Å². The largest absolute Gasteiger partial charge is 0.454 e. The van der Waals surface area contributed by atoms with Crippen LogP contribution in [0.4, 0.5) is 5.69 Å². The van der Waals surface area contributed by atoms with Crippen LogP contribution < -0.4 is 10.1 Å². The molecule has 2 rings (SSSR count). The summed E-state index contributed by atoms with van der Waals surface area (Å²) in [5, 5.41) is 2.89. The second-order valence-electron chi connectivity index (χ2n) is 4.91. The highest BCUT2D eigenvalue weighted by Gasteiger charge is 2.14. The Morgan fingerprint density at radius 1 is 1.00 bits per heavy atom. The van der Waals surface area contributed by atoms with Gasteiger partial charge in [0.05, 0.1) is 5.56 Å². The number of carbonyl (C=O) groups is 3. The van der Waals surface area contributed by atoms with Crippen LogP contribution in [0.2, 0.25) is 0 Å². The van der Waals surface area contributed by atoms with Gasteiger partial charge in [0.15, 0.2) is 12.4 Å². The lowest BCUT2D eigenvalue weighted by Crippen LogP contribution is -2.15. The van der Waals surface area contributed by atoms with Gasteiger partial charge in [-0.1, -0.05) is 12.1 Å². The fraction of sp³-hybridized carbons (Fsp3) is 0.167. The maximum absolute atomic E-state index is 12.1. The number of nitrogens with one attached hydrogen (secondary N) is 1. The highest BCUT2D eigenvalue weighted by atomic mass is 16.5. The molecular formula is C18H17NO5. The van der Waals surface area contributed by atoms with Gasteiger partial charge in [-0.05, 0) is 36.4 Å². The summed E-state index contributed by atoms with van der Waals surface area (Å²) in [7, 11) is 1.70. The standard InChI is InChI=1S/C18H17NO5/c1-12(20)24-14-9-7-13(8-10-14)17(21)11-23-18(22)15-5-3-4-6-16(15)19-2/h3-10,19H,11H2,1-2H3. The average Bonchev–Trinajstić information content (AvgIpc) is 2.59. The van der Waals surface area contributed by atoms with Crippen molar-refractivity contribution in [3.05, 3.63) is 59.7 Å². The first-order valence-corrected chi connectivity index (χ1v) is 7.27. The summed E-state index contributed by atoms with van der Waals surface area (Å²) >= 11 is 0. The minimum absolute atomic E-state index is 0.346. The molecule has 0 spiro atoms. The van der Waals surface area contributed by atoms with E-state index < -0.39 is 11.9 Å². The van der Waals surface area contributed by atoms with Gasteiger partial charge in [-0.3, -0.25) is 9.59 Å². The van der Waals surface area contributed by atoms with Gasteiger partial charge in [0.25, 0.3) is 0 Å². The van der Waals surface area contributed by atoms with Gasteiger partial charge in [0.2, 0.25) is 0 Å². The maximum atomic E-state index is 12.1. The monoisotopic (exact) mass is 327 g/mol. The molecule has 0 atom stereocenters. The number of ether oxygens (including phenoxy) is 2. The minimum Gasteiger partial charge on any atom is -0.454 e. The van der Waals surface area contributed by atoms with Gasteiger partial charge < -0.3 is 14.8 Å². The topological polar surface area (TPSA) is 81.7 Å². The Bertz CT molecular complexity index is 752. The summed E-state index contributed by atoms with van der Waals surface area (Å²) in [6.07, 6.45) is 0. The third-order valence-electron chi connectivity index (χ3n) is 3.19. The second kappa shape index (κ2) is 7.92. The third kappa shape index (κ3) is 4.42. The SMILES string of the molecule is CNc1ccccc1C(=O)OCC(=O)c1ccc(OC(C)=O)cc1. The van der Waals surface area contributed by atoms with Crippen molar-refractivity contribution in [2.24, 2.45) is 0 Å².